The molecule has 0 spiro atoms. The molecule has 2 atom stereocenters. The summed E-state index contributed by atoms with van der Waals surface area (Å²) in [6.45, 7) is 6.49. The number of amides is 1. The molecule has 4 nitrogen and oxygen atoms in total. The summed E-state index contributed by atoms with van der Waals surface area (Å²) in [5.41, 5.74) is 1.62. The molecule has 0 heterocycles. The maximum Gasteiger partial charge on any atom is 0.243 e. The number of hydrogen-bond acceptors (Lipinski definition) is 3. The van der Waals surface area contributed by atoms with Crippen LogP contribution < -0.4 is 5.48 Å². The zero-order valence-electron chi connectivity index (χ0n) is 12.7. The van der Waals surface area contributed by atoms with Crippen molar-refractivity contribution >= 4 is 5.91 Å². The molecule has 0 aliphatic rings. The number of rotatable bonds is 11. The average molecular weight is 273 g/mol. The van der Waals surface area contributed by atoms with Gasteiger partial charge in [0.05, 0.1) is 6.10 Å². The first-order valence-corrected chi connectivity index (χ1v) is 7.63. The molecule has 0 bridgehead atoms. The molecule has 2 unspecified atom stereocenters. The van der Waals surface area contributed by atoms with E-state index in [1.807, 2.05) is 0 Å². The van der Waals surface area contributed by atoms with E-state index in [4.69, 9.17) is 5.21 Å². The van der Waals surface area contributed by atoms with E-state index in [0.717, 1.165) is 6.42 Å². The Balaban J connectivity index is 3.96. The van der Waals surface area contributed by atoms with Crippen molar-refractivity contribution < 1.29 is 15.1 Å². The molecule has 0 aliphatic heterocycles. The Kier molecular flexibility index (Phi) is 10.9. The lowest BCUT2D eigenvalue weighted by Crippen LogP contribution is -2.26. The standard InChI is InChI=1S/C15H31NO3/c1-4-5-6-7-9-13(12(2)3)14(17)10-8-11-15(18)16-19/h12-14,17,19H,4-11H2,1-3H3,(H,16,18). The van der Waals surface area contributed by atoms with Crippen LogP contribution in [0.2, 0.25) is 0 Å². The lowest BCUT2D eigenvalue weighted by Gasteiger charge is -2.26. The zero-order valence-corrected chi connectivity index (χ0v) is 12.7. The number of hydrogen-bond donors (Lipinski definition) is 3. The number of aliphatic hydroxyl groups excluding tert-OH is 1. The molecule has 0 saturated heterocycles. The topological polar surface area (TPSA) is 69.6 Å². The molecule has 0 aromatic carbocycles. The first kappa shape index (κ1) is 18.4. The fourth-order valence-corrected chi connectivity index (χ4v) is 2.52. The van der Waals surface area contributed by atoms with Crippen molar-refractivity contribution in [3.05, 3.63) is 0 Å². The fraction of sp³-hybridized carbons (Fsp3) is 0.933. The van der Waals surface area contributed by atoms with Crippen molar-refractivity contribution in [1.29, 1.82) is 0 Å². The van der Waals surface area contributed by atoms with Crippen LogP contribution in [-0.2, 0) is 4.79 Å². The van der Waals surface area contributed by atoms with Crippen molar-refractivity contribution in [3.8, 4) is 0 Å². The van der Waals surface area contributed by atoms with E-state index in [1.165, 1.54) is 25.7 Å². The molecular weight excluding hydrogens is 242 g/mol. The van der Waals surface area contributed by atoms with Crippen LogP contribution in [0.3, 0.4) is 0 Å². The predicted octanol–water partition coefficient (Wildman–Crippen LogP) is 3.27. The maximum atomic E-state index is 10.9. The van der Waals surface area contributed by atoms with Crippen LogP contribution in [0.15, 0.2) is 0 Å². The third-order valence-corrected chi connectivity index (χ3v) is 3.77. The average Bonchev–Trinajstić information content (AvgIpc) is 2.37. The summed E-state index contributed by atoms with van der Waals surface area (Å²) in [7, 11) is 0. The highest BCUT2D eigenvalue weighted by Gasteiger charge is 2.22. The van der Waals surface area contributed by atoms with Gasteiger partial charge in [0.15, 0.2) is 0 Å². The number of unbranched alkanes of at least 4 members (excludes halogenated alkanes) is 3. The Labute approximate surface area is 117 Å². The summed E-state index contributed by atoms with van der Waals surface area (Å²) in [6.07, 6.45) is 7.13. The second-order valence-corrected chi connectivity index (χ2v) is 5.75. The summed E-state index contributed by atoms with van der Waals surface area (Å²) in [4.78, 5) is 10.9. The van der Waals surface area contributed by atoms with Crippen molar-refractivity contribution in [2.75, 3.05) is 0 Å². The largest absolute Gasteiger partial charge is 0.393 e. The zero-order chi connectivity index (χ0) is 14.7. The van der Waals surface area contributed by atoms with Crippen molar-refractivity contribution in [2.45, 2.75) is 78.2 Å². The van der Waals surface area contributed by atoms with Gasteiger partial charge in [-0.25, -0.2) is 5.48 Å². The van der Waals surface area contributed by atoms with Gasteiger partial charge in [-0.2, -0.15) is 0 Å². The number of carbonyl (C=O) groups is 1. The molecule has 0 rings (SSSR count). The third kappa shape index (κ3) is 9.00. The van der Waals surface area contributed by atoms with E-state index in [1.54, 1.807) is 5.48 Å². The third-order valence-electron chi connectivity index (χ3n) is 3.77. The Morgan fingerprint density at radius 2 is 1.79 bits per heavy atom. The van der Waals surface area contributed by atoms with E-state index in [-0.39, 0.29) is 18.4 Å². The number of nitrogens with one attached hydrogen (secondary N) is 1. The van der Waals surface area contributed by atoms with Gasteiger partial charge in [-0.15, -0.1) is 0 Å². The van der Waals surface area contributed by atoms with E-state index in [9.17, 15) is 9.90 Å². The number of aliphatic hydroxyl groups is 1. The summed E-state index contributed by atoms with van der Waals surface area (Å²) in [5, 5.41) is 18.6. The predicted molar refractivity (Wildman–Crippen MR) is 76.9 cm³/mol. The maximum absolute atomic E-state index is 10.9. The number of carbonyl (C=O) groups excluding carboxylic acids is 1. The van der Waals surface area contributed by atoms with Gasteiger partial charge in [-0.3, -0.25) is 10.0 Å². The quantitative estimate of drug-likeness (QED) is 0.307. The highest BCUT2D eigenvalue weighted by molar-refractivity contribution is 5.74. The summed E-state index contributed by atoms with van der Waals surface area (Å²) >= 11 is 0. The fourth-order valence-electron chi connectivity index (χ4n) is 2.52. The second-order valence-electron chi connectivity index (χ2n) is 5.75. The van der Waals surface area contributed by atoms with Gasteiger partial charge in [-0.05, 0) is 31.1 Å². The summed E-state index contributed by atoms with van der Waals surface area (Å²) in [5.74, 6) is 0.397. The molecule has 1 amide bonds. The van der Waals surface area contributed by atoms with Gasteiger partial charge >= 0.3 is 0 Å². The van der Waals surface area contributed by atoms with Crippen LogP contribution in [0, 0.1) is 11.8 Å². The van der Waals surface area contributed by atoms with Gasteiger partial charge in [-0.1, -0.05) is 46.5 Å². The van der Waals surface area contributed by atoms with E-state index in [0.29, 0.717) is 24.7 Å². The normalized spacial score (nSPS) is 14.4. The van der Waals surface area contributed by atoms with Crippen LogP contribution in [0.4, 0.5) is 0 Å². The Morgan fingerprint density at radius 3 is 2.32 bits per heavy atom. The smallest absolute Gasteiger partial charge is 0.243 e. The van der Waals surface area contributed by atoms with Gasteiger partial charge in [0, 0.05) is 6.42 Å². The van der Waals surface area contributed by atoms with Gasteiger partial charge in [0.2, 0.25) is 5.91 Å². The van der Waals surface area contributed by atoms with Crippen LogP contribution in [-0.4, -0.2) is 22.3 Å². The molecule has 4 heteroatoms. The van der Waals surface area contributed by atoms with Crippen molar-refractivity contribution in [3.63, 3.8) is 0 Å². The molecule has 0 aromatic heterocycles. The van der Waals surface area contributed by atoms with Gasteiger partial charge in [0.1, 0.15) is 0 Å². The second kappa shape index (κ2) is 11.2. The van der Waals surface area contributed by atoms with Crippen LogP contribution in [0.5, 0.6) is 0 Å². The minimum absolute atomic E-state index is 0.272. The van der Waals surface area contributed by atoms with E-state index in [2.05, 4.69) is 20.8 Å². The Bertz CT molecular complexity index is 231. The van der Waals surface area contributed by atoms with Gasteiger partial charge < -0.3 is 5.11 Å². The van der Waals surface area contributed by atoms with Crippen molar-refractivity contribution in [2.24, 2.45) is 11.8 Å². The molecule has 114 valence electrons. The molecule has 0 fully saturated rings. The Hall–Kier alpha value is -0.610. The monoisotopic (exact) mass is 273 g/mol. The highest BCUT2D eigenvalue weighted by Crippen LogP contribution is 2.25. The van der Waals surface area contributed by atoms with Crippen LogP contribution in [0.25, 0.3) is 0 Å². The minimum Gasteiger partial charge on any atom is -0.393 e. The molecule has 3 N–H and O–H groups in total. The first-order chi connectivity index (χ1) is 9.02. The lowest BCUT2D eigenvalue weighted by molar-refractivity contribution is -0.129. The molecule has 19 heavy (non-hydrogen) atoms. The SMILES string of the molecule is CCCCCCC(C(C)C)C(O)CCCC(=O)NO. The highest BCUT2D eigenvalue weighted by atomic mass is 16.5. The van der Waals surface area contributed by atoms with Crippen LogP contribution in [0.1, 0.15) is 72.1 Å². The lowest BCUT2D eigenvalue weighted by atomic mass is 9.83. The summed E-state index contributed by atoms with van der Waals surface area (Å²) < 4.78 is 0. The van der Waals surface area contributed by atoms with E-state index >= 15 is 0 Å². The van der Waals surface area contributed by atoms with Crippen LogP contribution >= 0.6 is 0 Å². The molecule has 0 aromatic rings. The summed E-state index contributed by atoms with van der Waals surface area (Å²) in [6, 6.07) is 0. The minimum atomic E-state index is -0.378. The van der Waals surface area contributed by atoms with E-state index < -0.39 is 0 Å². The number of hydroxylamine groups is 1. The van der Waals surface area contributed by atoms with Crippen molar-refractivity contribution in [1.82, 2.24) is 5.48 Å². The molecular formula is C15H31NO3. The molecule has 0 saturated carbocycles. The van der Waals surface area contributed by atoms with Gasteiger partial charge in [0.25, 0.3) is 0 Å². The molecule has 0 aliphatic carbocycles. The Morgan fingerprint density at radius 1 is 1.11 bits per heavy atom. The molecule has 0 radical (unpaired) electrons. The first-order valence-electron chi connectivity index (χ1n) is 7.63.